The number of primary amides is 2. The van der Waals surface area contributed by atoms with Gasteiger partial charge in [0, 0.05) is 42.1 Å². The van der Waals surface area contributed by atoms with E-state index < -0.39 is 17.7 Å². The zero-order valence-electron chi connectivity index (χ0n) is 20.3. The topological polar surface area (TPSA) is 164 Å². The Morgan fingerprint density at radius 3 is 2.31 bits per heavy atom. The Balaban J connectivity index is 0.000000191. The summed E-state index contributed by atoms with van der Waals surface area (Å²) in [4.78, 5) is 51.6. The van der Waals surface area contributed by atoms with Crippen molar-refractivity contribution < 1.29 is 19.2 Å². The molecular weight excluding hydrogens is 484 g/mol. The SMILES string of the molecule is CN(C)C(=O)C1CCCCC1.NC(=O)C(=O)Nc1cccnc1.NC(=O)c1cc2cc(Cl)ccc2[nH]1. The Bertz CT molecular complexity index is 1190. The maximum absolute atomic E-state index is 11.4. The number of pyridine rings is 1. The lowest BCUT2D eigenvalue weighted by molar-refractivity contribution is -0.134. The number of halogens is 1. The van der Waals surface area contributed by atoms with Crippen LogP contribution >= 0.6 is 11.6 Å². The zero-order chi connectivity index (χ0) is 26.7. The molecule has 0 atom stereocenters. The standard InChI is InChI=1S/C9H7ClN2O.C9H17NO.C7H7N3O2/c10-6-1-2-7-5(3-6)4-8(12-7)9(11)13;1-10(2)9(11)8-6-4-3-5-7-8;8-6(11)7(12)10-5-2-1-3-9-4-5/h1-4,12H,(H2,11,13);8H,3-7H2,1-2H3;1-4H,(H2,8,11)(H,10,12). The average molecular weight is 515 g/mol. The van der Waals surface area contributed by atoms with Gasteiger partial charge in [-0.05, 0) is 49.2 Å². The van der Waals surface area contributed by atoms with Gasteiger partial charge in [0.1, 0.15) is 5.69 Å². The molecule has 36 heavy (non-hydrogen) atoms. The van der Waals surface area contributed by atoms with Crippen LogP contribution < -0.4 is 16.8 Å². The van der Waals surface area contributed by atoms with Crippen molar-refractivity contribution in [3.63, 3.8) is 0 Å². The molecule has 2 aromatic heterocycles. The van der Waals surface area contributed by atoms with Crippen molar-refractivity contribution in [2.45, 2.75) is 32.1 Å². The number of rotatable bonds is 3. The molecule has 0 aliphatic heterocycles. The van der Waals surface area contributed by atoms with Crippen molar-refractivity contribution in [1.82, 2.24) is 14.9 Å². The van der Waals surface area contributed by atoms with E-state index in [1.807, 2.05) is 20.2 Å². The number of hydrogen-bond donors (Lipinski definition) is 4. The van der Waals surface area contributed by atoms with Crippen molar-refractivity contribution >= 4 is 51.8 Å². The second-order valence-electron chi connectivity index (χ2n) is 8.41. The van der Waals surface area contributed by atoms with Gasteiger partial charge in [-0.2, -0.15) is 0 Å². The van der Waals surface area contributed by atoms with Crippen LogP contribution in [0.4, 0.5) is 5.69 Å². The molecule has 192 valence electrons. The van der Waals surface area contributed by atoms with Gasteiger partial charge in [0.05, 0.1) is 11.9 Å². The van der Waals surface area contributed by atoms with Crippen LogP contribution in [0, 0.1) is 5.92 Å². The van der Waals surface area contributed by atoms with Crippen LogP contribution in [-0.2, 0) is 14.4 Å². The first-order valence-electron chi connectivity index (χ1n) is 11.4. The molecule has 11 heteroatoms. The average Bonchev–Trinajstić information content (AvgIpc) is 3.29. The Morgan fingerprint density at radius 1 is 1.06 bits per heavy atom. The molecule has 0 spiro atoms. The van der Waals surface area contributed by atoms with Gasteiger partial charge >= 0.3 is 11.8 Å². The summed E-state index contributed by atoms with van der Waals surface area (Å²) in [6, 6.07) is 10.3. The van der Waals surface area contributed by atoms with Crippen molar-refractivity contribution in [3.8, 4) is 0 Å². The molecule has 1 aliphatic carbocycles. The predicted octanol–water partition coefficient (Wildman–Crippen LogP) is 3.08. The second-order valence-corrected chi connectivity index (χ2v) is 8.84. The Kier molecular flexibility index (Phi) is 10.9. The van der Waals surface area contributed by atoms with Gasteiger partial charge in [0.25, 0.3) is 5.91 Å². The van der Waals surface area contributed by atoms with Gasteiger partial charge in [-0.15, -0.1) is 0 Å². The monoisotopic (exact) mass is 514 g/mol. The van der Waals surface area contributed by atoms with Crippen LogP contribution in [0.25, 0.3) is 10.9 Å². The van der Waals surface area contributed by atoms with Crippen molar-refractivity contribution in [2.24, 2.45) is 17.4 Å². The maximum Gasteiger partial charge on any atom is 0.313 e. The molecule has 1 saturated carbocycles. The minimum absolute atomic E-state index is 0.324. The molecule has 0 bridgehead atoms. The molecule has 1 aromatic carbocycles. The van der Waals surface area contributed by atoms with Gasteiger partial charge in [-0.3, -0.25) is 24.2 Å². The number of carbonyl (C=O) groups excluding carboxylic acids is 4. The fourth-order valence-electron chi connectivity index (χ4n) is 3.58. The van der Waals surface area contributed by atoms with E-state index in [1.54, 1.807) is 41.4 Å². The van der Waals surface area contributed by atoms with E-state index >= 15 is 0 Å². The van der Waals surface area contributed by atoms with Crippen molar-refractivity contribution in [1.29, 1.82) is 0 Å². The number of nitrogens with two attached hydrogens (primary N) is 2. The third-order valence-electron chi connectivity index (χ3n) is 5.39. The fourth-order valence-corrected chi connectivity index (χ4v) is 3.76. The summed E-state index contributed by atoms with van der Waals surface area (Å²) < 4.78 is 0. The number of H-pyrrole nitrogens is 1. The number of benzene rings is 1. The van der Waals surface area contributed by atoms with E-state index in [0.29, 0.717) is 28.2 Å². The summed E-state index contributed by atoms with van der Waals surface area (Å²) in [6.07, 6.45) is 8.99. The highest BCUT2D eigenvalue weighted by molar-refractivity contribution is 6.39. The molecule has 2 heterocycles. The number of fused-ring (bicyclic) bond motifs is 1. The normalized spacial score (nSPS) is 12.9. The first kappa shape index (κ1) is 28.3. The second kappa shape index (κ2) is 13.8. The van der Waals surface area contributed by atoms with Crippen LogP contribution in [-0.4, -0.2) is 52.6 Å². The molecule has 4 rings (SSSR count). The smallest absolute Gasteiger partial charge is 0.313 e. The van der Waals surface area contributed by atoms with Crippen LogP contribution in [0.2, 0.25) is 5.02 Å². The molecule has 1 fully saturated rings. The molecule has 0 unspecified atom stereocenters. The number of nitrogens with zero attached hydrogens (tertiary/aromatic N) is 2. The number of aromatic amines is 1. The number of anilines is 1. The minimum atomic E-state index is -1.01. The van der Waals surface area contributed by atoms with Crippen molar-refractivity contribution in [2.75, 3.05) is 19.4 Å². The number of nitrogens with one attached hydrogen (secondary N) is 2. The van der Waals surface area contributed by atoms with Gasteiger partial charge in [0.15, 0.2) is 0 Å². The summed E-state index contributed by atoms with van der Waals surface area (Å²) >= 11 is 5.78. The predicted molar refractivity (Wildman–Crippen MR) is 139 cm³/mol. The Morgan fingerprint density at radius 2 is 1.75 bits per heavy atom. The van der Waals surface area contributed by atoms with Crippen LogP contribution in [0.15, 0.2) is 48.8 Å². The maximum atomic E-state index is 11.4. The molecule has 3 aromatic rings. The molecule has 0 saturated heterocycles. The molecule has 1 aliphatic rings. The zero-order valence-corrected chi connectivity index (χ0v) is 21.0. The number of carbonyl (C=O) groups is 4. The van der Waals surface area contributed by atoms with Crippen molar-refractivity contribution in [3.05, 3.63) is 59.5 Å². The van der Waals surface area contributed by atoms with E-state index in [9.17, 15) is 19.2 Å². The number of aromatic nitrogens is 2. The number of amides is 4. The molecule has 10 nitrogen and oxygen atoms in total. The lowest BCUT2D eigenvalue weighted by Crippen LogP contribution is -2.30. The van der Waals surface area contributed by atoms with Gasteiger partial charge in [-0.1, -0.05) is 30.9 Å². The molecule has 6 N–H and O–H groups in total. The van der Waals surface area contributed by atoms with E-state index in [2.05, 4.69) is 15.3 Å². The van der Waals surface area contributed by atoms with Crippen LogP contribution in [0.5, 0.6) is 0 Å². The highest BCUT2D eigenvalue weighted by Crippen LogP contribution is 2.24. The highest BCUT2D eigenvalue weighted by atomic mass is 35.5. The lowest BCUT2D eigenvalue weighted by atomic mass is 9.88. The molecule has 0 radical (unpaired) electrons. The third-order valence-corrected chi connectivity index (χ3v) is 5.62. The van der Waals surface area contributed by atoms with Crippen LogP contribution in [0.3, 0.4) is 0 Å². The number of hydrogen-bond acceptors (Lipinski definition) is 5. The minimum Gasteiger partial charge on any atom is -0.364 e. The summed E-state index contributed by atoms with van der Waals surface area (Å²) in [7, 11) is 3.69. The fraction of sp³-hybridized carbons (Fsp3) is 0.320. The first-order valence-corrected chi connectivity index (χ1v) is 11.8. The summed E-state index contributed by atoms with van der Waals surface area (Å²) in [5.74, 6) is -1.67. The Labute approximate surface area is 214 Å². The molecular formula is C25H31ClN6O4. The van der Waals surface area contributed by atoms with Crippen LogP contribution in [0.1, 0.15) is 42.6 Å². The summed E-state index contributed by atoms with van der Waals surface area (Å²) in [6.45, 7) is 0. The van der Waals surface area contributed by atoms with E-state index in [1.165, 1.54) is 25.5 Å². The van der Waals surface area contributed by atoms with E-state index in [4.69, 9.17) is 23.1 Å². The third kappa shape index (κ3) is 9.03. The largest absolute Gasteiger partial charge is 0.364 e. The van der Waals surface area contributed by atoms with Gasteiger partial charge in [-0.25, -0.2) is 0 Å². The van der Waals surface area contributed by atoms with Gasteiger partial charge in [0.2, 0.25) is 5.91 Å². The van der Waals surface area contributed by atoms with E-state index in [0.717, 1.165) is 23.7 Å². The lowest BCUT2D eigenvalue weighted by Gasteiger charge is -2.23. The molecule has 4 amide bonds. The summed E-state index contributed by atoms with van der Waals surface area (Å²) in [5, 5.41) is 3.80. The Hall–Kier alpha value is -3.92. The highest BCUT2D eigenvalue weighted by Gasteiger charge is 2.21. The van der Waals surface area contributed by atoms with Gasteiger partial charge < -0.3 is 26.7 Å². The summed E-state index contributed by atoms with van der Waals surface area (Å²) in [5.41, 5.74) is 11.5. The first-order chi connectivity index (χ1) is 17.1. The quantitative estimate of drug-likeness (QED) is 0.394. The van der Waals surface area contributed by atoms with E-state index in [-0.39, 0.29) is 0 Å².